The van der Waals surface area contributed by atoms with Crippen LogP contribution in [0.25, 0.3) is 0 Å². The highest BCUT2D eigenvalue weighted by molar-refractivity contribution is 5.67. The molecular weight excluding hydrogens is 264 g/mol. The molecule has 4 nitrogen and oxygen atoms in total. The molecule has 0 spiro atoms. The Balaban J connectivity index is 1.93. The number of nitrogens with one attached hydrogen (secondary N) is 1. The first-order valence-electron chi connectivity index (χ1n) is 8.53. The third-order valence-corrected chi connectivity index (χ3v) is 4.79. The summed E-state index contributed by atoms with van der Waals surface area (Å²) < 4.78 is 0. The van der Waals surface area contributed by atoms with Crippen LogP contribution in [0.15, 0.2) is 0 Å². The van der Waals surface area contributed by atoms with Gasteiger partial charge in [0.25, 0.3) is 0 Å². The van der Waals surface area contributed by atoms with E-state index in [0.717, 1.165) is 26.1 Å². The van der Waals surface area contributed by atoms with Gasteiger partial charge in [-0.3, -0.25) is 9.69 Å². The number of rotatable bonds is 5. The van der Waals surface area contributed by atoms with Crippen molar-refractivity contribution >= 4 is 5.97 Å². The Labute approximate surface area is 129 Å². The zero-order valence-electron chi connectivity index (χ0n) is 13.9. The van der Waals surface area contributed by atoms with Gasteiger partial charge >= 0.3 is 5.97 Å². The normalized spacial score (nSPS) is 28.9. The van der Waals surface area contributed by atoms with Gasteiger partial charge in [-0.15, -0.1) is 0 Å². The Hall–Kier alpha value is -0.610. The second-order valence-electron chi connectivity index (χ2n) is 8.23. The summed E-state index contributed by atoms with van der Waals surface area (Å²) in [7, 11) is 0. The van der Waals surface area contributed by atoms with Crippen molar-refractivity contribution < 1.29 is 9.90 Å². The molecule has 2 rings (SSSR count). The van der Waals surface area contributed by atoms with Crippen LogP contribution in [-0.4, -0.2) is 47.7 Å². The lowest BCUT2D eigenvalue weighted by Gasteiger charge is -2.41. The average molecular weight is 296 g/mol. The van der Waals surface area contributed by atoms with Gasteiger partial charge in [-0.25, -0.2) is 0 Å². The third kappa shape index (κ3) is 5.59. The Morgan fingerprint density at radius 1 is 1.24 bits per heavy atom. The van der Waals surface area contributed by atoms with Crippen molar-refractivity contribution in [2.75, 3.05) is 19.6 Å². The fourth-order valence-electron chi connectivity index (χ4n) is 3.80. The predicted molar refractivity (Wildman–Crippen MR) is 85.4 cm³/mol. The maximum atomic E-state index is 11.1. The van der Waals surface area contributed by atoms with E-state index in [2.05, 4.69) is 31.0 Å². The fourth-order valence-corrected chi connectivity index (χ4v) is 3.80. The Morgan fingerprint density at radius 3 is 2.48 bits per heavy atom. The van der Waals surface area contributed by atoms with E-state index in [0.29, 0.717) is 24.4 Å². The second-order valence-corrected chi connectivity index (χ2v) is 8.23. The van der Waals surface area contributed by atoms with Crippen LogP contribution in [0, 0.1) is 11.3 Å². The third-order valence-electron chi connectivity index (χ3n) is 4.79. The van der Waals surface area contributed by atoms with Gasteiger partial charge in [-0.1, -0.05) is 33.6 Å². The fraction of sp³-hybridized carbons (Fsp3) is 0.941. The molecule has 1 heterocycles. The summed E-state index contributed by atoms with van der Waals surface area (Å²) in [6.07, 6.45) is 6.59. The molecular formula is C17H32N2O2. The minimum Gasteiger partial charge on any atom is -0.481 e. The molecule has 4 heteroatoms. The number of aliphatic carboxylic acids is 1. The van der Waals surface area contributed by atoms with Crippen LogP contribution in [0.3, 0.4) is 0 Å². The summed E-state index contributed by atoms with van der Waals surface area (Å²) in [6, 6.07) is 1.14. The molecule has 2 atom stereocenters. The SMILES string of the molecule is CC(C)(C)CNC1CC(CC(=O)O)CN(C2CCCC2)C1. The number of hydrogen-bond acceptors (Lipinski definition) is 3. The average Bonchev–Trinajstić information content (AvgIpc) is 2.88. The molecule has 21 heavy (non-hydrogen) atoms. The van der Waals surface area contributed by atoms with E-state index in [1.807, 2.05) is 0 Å². The minimum atomic E-state index is -0.650. The first kappa shape index (κ1) is 16.8. The van der Waals surface area contributed by atoms with Crippen molar-refractivity contribution in [2.45, 2.75) is 71.4 Å². The molecule has 0 aromatic heterocycles. The lowest BCUT2D eigenvalue weighted by atomic mass is 9.89. The zero-order chi connectivity index (χ0) is 15.5. The molecule has 0 aromatic rings. The van der Waals surface area contributed by atoms with Crippen molar-refractivity contribution in [2.24, 2.45) is 11.3 Å². The van der Waals surface area contributed by atoms with Crippen LogP contribution in [0.1, 0.15) is 59.3 Å². The second kappa shape index (κ2) is 7.10. The zero-order valence-corrected chi connectivity index (χ0v) is 13.9. The summed E-state index contributed by atoms with van der Waals surface area (Å²) in [5, 5.41) is 12.8. The molecule has 0 radical (unpaired) electrons. The van der Waals surface area contributed by atoms with E-state index in [1.54, 1.807) is 0 Å². The van der Waals surface area contributed by atoms with E-state index >= 15 is 0 Å². The number of nitrogens with zero attached hydrogens (tertiary/aromatic N) is 1. The molecule has 2 fully saturated rings. The Bertz CT molecular complexity index is 345. The van der Waals surface area contributed by atoms with Crippen LogP contribution in [0.5, 0.6) is 0 Å². The molecule has 0 amide bonds. The largest absolute Gasteiger partial charge is 0.481 e. The molecule has 2 aliphatic rings. The van der Waals surface area contributed by atoms with E-state index < -0.39 is 5.97 Å². The summed E-state index contributed by atoms with van der Waals surface area (Å²) in [5.41, 5.74) is 0.276. The standard InChI is InChI=1S/C17H32N2O2/c1-17(2,3)12-18-14-8-13(9-16(20)21)10-19(11-14)15-6-4-5-7-15/h13-15,18H,4-12H2,1-3H3,(H,20,21). The number of carbonyl (C=O) groups is 1. The van der Waals surface area contributed by atoms with Gasteiger partial charge in [0.15, 0.2) is 0 Å². The van der Waals surface area contributed by atoms with Gasteiger partial charge in [-0.2, -0.15) is 0 Å². The Kier molecular flexibility index (Phi) is 5.67. The van der Waals surface area contributed by atoms with Gasteiger partial charge < -0.3 is 10.4 Å². The number of hydrogen-bond donors (Lipinski definition) is 2. The number of piperidine rings is 1. The molecule has 1 aliphatic heterocycles. The predicted octanol–water partition coefficient (Wildman–Crippen LogP) is 2.73. The highest BCUT2D eigenvalue weighted by atomic mass is 16.4. The molecule has 2 N–H and O–H groups in total. The van der Waals surface area contributed by atoms with Gasteiger partial charge in [0.1, 0.15) is 0 Å². The van der Waals surface area contributed by atoms with Crippen LogP contribution in [0.4, 0.5) is 0 Å². The van der Waals surface area contributed by atoms with Crippen molar-refractivity contribution in [3.63, 3.8) is 0 Å². The number of carboxylic acids is 1. The van der Waals surface area contributed by atoms with Crippen molar-refractivity contribution in [1.29, 1.82) is 0 Å². The lowest BCUT2D eigenvalue weighted by Crippen LogP contribution is -2.53. The first-order valence-corrected chi connectivity index (χ1v) is 8.53. The van der Waals surface area contributed by atoms with Crippen molar-refractivity contribution in [1.82, 2.24) is 10.2 Å². The van der Waals surface area contributed by atoms with E-state index in [1.165, 1.54) is 25.7 Å². The van der Waals surface area contributed by atoms with Crippen molar-refractivity contribution in [3.8, 4) is 0 Å². The maximum absolute atomic E-state index is 11.1. The molecule has 1 aliphatic carbocycles. The minimum absolute atomic E-state index is 0.276. The number of carboxylic acid groups (broad SMARTS) is 1. The van der Waals surface area contributed by atoms with Gasteiger partial charge in [0.05, 0.1) is 0 Å². The summed E-state index contributed by atoms with van der Waals surface area (Å²) in [4.78, 5) is 13.7. The van der Waals surface area contributed by atoms with Crippen molar-refractivity contribution in [3.05, 3.63) is 0 Å². The summed E-state index contributed by atoms with van der Waals surface area (Å²) >= 11 is 0. The summed E-state index contributed by atoms with van der Waals surface area (Å²) in [6.45, 7) is 9.79. The van der Waals surface area contributed by atoms with Crippen LogP contribution in [0.2, 0.25) is 0 Å². The van der Waals surface area contributed by atoms with E-state index in [-0.39, 0.29) is 5.41 Å². The number of likely N-dealkylation sites (tertiary alicyclic amines) is 1. The Morgan fingerprint density at radius 2 is 1.90 bits per heavy atom. The highest BCUT2D eigenvalue weighted by Crippen LogP contribution is 2.29. The van der Waals surface area contributed by atoms with Gasteiger partial charge in [0, 0.05) is 38.1 Å². The van der Waals surface area contributed by atoms with Gasteiger partial charge in [0.2, 0.25) is 0 Å². The smallest absolute Gasteiger partial charge is 0.303 e. The monoisotopic (exact) mass is 296 g/mol. The molecule has 1 saturated carbocycles. The highest BCUT2D eigenvalue weighted by Gasteiger charge is 2.33. The topological polar surface area (TPSA) is 52.6 Å². The van der Waals surface area contributed by atoms with E-state index in [4.69, 9.17) is 5.11 Å². The van der Waals surface area contributed by atoms with Crippen LogP contribution in [-0.2, 0) is 4.79 Å². The summed E-state index contributed by atoms with van der Waals surface area (Å²) in [5.74, 6) is -0.350. The molecule has 2 unspecified atom stereocenters. The van der Waals surface area contributed by atoms with Gasteiger partial charge in [-0.05, 0) is 30.6 Å². The van der Waals surface area contributed by atoms with E-state index in [9.17, 15) is 4.79 Å². The molecule has 1 saturated heterocycles. The molecule has 122 valence electrons. The van der Waals surface area contributed by atoms with Crippen LogP contribution < -0.4 is 5.32 Å². The first-order chi connectivity index (χ1) is 9.83. The molecule has 0 aromatic carbocycles. The molecule has 0 bridgehead atoms. The lowest BCUT2D eigenvalue weighted by molar-refractivity contribution is -0.138. The quantitative estimate of drug-likeness (QED) is 0.819. The maximum Gasteiger partial charge on any atom is 0.303 e. The van der Waals surface area contributed by atoms with Crippen LogP contribution >= 0.6 is 0 Å².